The van der Waals surface area contributed by atoms with Gasteiger partial charge in [0.05, 0.1) is 6.10 Å². The lowest BCUT2D eigenvalue weighted by Crippen LogP contribution is -2.43. The molecule has 0 radical (unpaired) electrons. The lowest BCUT2D eigenvalue weighted by atomic mass is 9.94. The molecule has 1 rings (SSSR count). The van der Waals surface area contributed by atoms with Crippen LogP contribution in [0.5, 0.6) is 0 Å². The van der Waals surface area contributed by atoms with E-state index in [4.69, 9.17) is 4.74 Å². The molecule has 0 bridgehead atoms. The summed E-state index contributed by atoms with van der Waals surface area (Å²) in [7, 11) is 3.99. The highest BCUT2D eigenvalue weighted by Crippen LogP contribution is 2.27. The van der Waals surface area contributed by atoms with E-state index >= 15 is 0 Å². The van der Waals surface area contributed by atoms with Crippen molar-refractivity contribution in [1.82, 2.24) is 4.90 Å². The third-order valence-corrected chi connectivity index (χ3v) is 4.23. The van der Waals surface area contributed by atoms with Crippen LogP contribution in [0.3, 0.4) is 0 Å². The van der Waals surface area contributed by atoms with Crippen LogP contribution in [0.15, 0.2) is 0 Å². The van der Waals surface area contributed by atoms with Crippen molar-refractivity contribution in [1.29, 1.82) is 0 Å². The Morgan fingerprint density at radius 1 is 1.43 bits per heavy atom. The van der Waals surface area contributed by atoms with Gasteiger partial charge < -0.3 is 4.74 Å². The molecule has 0 aromatic carbocycles. The fourth-order valence-corrected chi connectivity index (χ4v) is 3.17. The number of alkyl halides is 1. The number of rotatable bonds is 4. The average Bonchev–Trinajstić information content (AvgIpc) is 2.18. The highest BCUT2D eigenvalue weighted by atomic mass is 79.9. The smallest absolute Gasteiger partial charge is 0.0670 e. The predicted molar refractivity (Wildman–Crippen MR) is 64.1 cm³/mol. The standard InChI is InChI=1S/C11H22BrNO/c1-9(14-3)8-13(2)11-7-5-4-6-10(11)12/h9-11H,4-8H2,1-3H3. The van der Waals surface area contributed by atoms with Crippen LogP contribution in [0.1, 0.15) is 32.6 Å². The van der Waals surface area contributed by atoms with Crippen molar-refractivity contribution < 1.29 is 4.74 Å². The summed E-state index contributed by atoms with van der Waals surface area (Å²) in [6.07, 6.45) is 5.72. The molecule has 1 aliphatic carbocycles. The first-order chi connectivity index (χ1) is 6.65. The third-order valence-electron chi connectivity index (χ3n) is 3.16. The van der Waals surface area contributed by atoms with Crippen molar-refractivity contribution >= 4 is 15.9 Å². The van der Waals surface area contributed by atoms with E-state index in [0.717, 1.165) is 6.54 Å². The second-order valence-electron chi connectivity index (χ2n) is 4.35. The third kappa shape index (κ3) is 3.52. The van der Waals surface area contributed by atoms with Crippen molar-refractivity contribution in [2.75, 3.05) is 20.7 Å². The highest BCUT2D eigenvalue weighted by Gasteiger charge is 2.26. The molecule has 0 aromatic rings. The molecular formula is C11H22BrNO. The molecule has 3 unspecified atom stereocenters. The van der Waals surface area contributed by atoms with Crippen molar-refractivity contribution in [3.05, 3.63) is 0 Å². The maximum atomic E-state index is 5.29. The van der Waals surface area contributed by atoms with Crippen LogP contribution in [-0.2, 0) is 4.74 Å². The number of methoxy groups -OCH3 is 1. The van der Waals surface area contributed by atoms with E-state index < -0.39 is 0 Å². The average molecular weight is 264 g/mol. The molecule has 0 saturated heterocycles. The van der Waals surface area contributed by atoms with Crippen molar-refractivity contribution in [3.8, 4) is 0 Å². The predicted octanol–water partition coefficient (Wildman–Crippen LogP) is 2.66. The van der Waals surface area contributed by atoms with Gasteiger partial charge >= 0.3 is 0 Å². The summed E-state index contributed by atoms with van der Waals surface area (Å²) in [5, 5.41) is 0. The number of ether oxygens (including phenoxy) is 1. The Morgan fingerprint density at radius 3 is 2.64 bits per heavy atom. The lowest BCUT2D eigenvalue weighted by molar-refractivity contribution is 0.0657. The van der Waals surface area contributed by atoms with Gasteiger partial charge in [0, 0.05) is 24.5 Å². The summed E-state index contributed by atoms with van der Waals surface area (Å²) >= 11 is 3.78. The Hall–Kier alpha value is 0.400. The summed E-state index contributed by atoms with van der Waals surface area (Å²) in [6.45, 7) is 3.16. The van der Waals surface area contributed by atoms with E-state index in [1.54, 1.807) is 7.11 Å². The van der Waals surface area contributed by atoms with Crippen LogP contribution in [-0.4, -0.2) is 42.6 Å². The van der Waals surface area contributed by atoms with Gasteiger partial charge in [-0.05, 0) is 26.8 Å². The van der Waals surface area contributed by atoms with E-state index in [9.17, 15) is 0 Å². The Labute approximate surface area is 96.1 Å². The van der Waals surface area contributed by atoms with Crippen LogP contribution in [0, 0.1) is 0 Å². The Morgan fingerprint density at radius 2 is 2.07 bits per heavy atom. The van der Waals surface area contributed by atoms with E-state index in [1.165, 1.54) is 25.7 Å². The summed E-state index contributed by atoms with van der Waals surface area (Å²) in [5.74, 6) is 0. The van der Waals surface area contributed by atoms with Gasteiger partial charge in [-0.1, -0.05) is 28.8 Å². The van der Waals surface area contributed by atoms with Crippen LogP contribution >= 0.6 is 15.9 Å². The molecule has 0 N–H and O–H groups in total. The topological polar surface area (TPSA) is 12.5 Å². The summed E-state index contributed by atoms with van der Waals surface area (Å²) < 4.78 is 5.29. The SMILES string of the molecule is COC(C)CN(C)C1CCCCC1Br. The molecule has 3 heteroatoms. The first-order valence-electron chi connectivity index (χ1n) is 5.52. The largest absolute Gasteiger partial charge is 0.380 e. The van der Waals surface area contributed by atoms with E-state index in [1.807, 2.05) is 0 Å². The molecule has 0 aromatic heterocycles. The molecule has 1 saturated carbocycles. The molecule has 1 fully saturated rings. The molecular weight excluding hydrogens is 242 g/mol. The van der Waals surface area contributed by atoms with Crippen LogP contribution in [0.2, 0.25) is 0 Å². The minimum absolute atomic E-state index is 0.335. The quantitative estimate of drug-likeness (QED) is 0.724. The van der Waals surface area contributed by atoms with Crippen molar-refractivity contribution in [3.63, 3.8) is 0 Å². The second kappa shape index (κ2) is 6.09. The molecule has 14 heavy (non-hydrogen) atoms. The molecule has 1 aliphatic rings. The summed E-state index contributed by atoms with van der Waals surface area (Å²) in [4.78, 5) is 3.11. The van der Waals surface area contributed by atoms with Crippen LogP contribution in [0.4, 0.5) is 0 Å². The molecule has 3 atom stereocenters. The normalized spacial score (nSPS) is 30.6. The van der Waals surface area contributed by atoms with Gasteiger partial charge in [0.2, 0.25) is 0 Å². The van der Waals surface area contributed by atoms with Gasteiger partial charge in [-0.2, -0.15) is 0 Å². The molecule has 0 spiro atoms. The van der Waals surface area contributed by atoms with Crippen molar-refractivity contribution in [2.24, 2.45) is 0 Å². The van der Waals surface area contributed by atoms with Gasteiger partial charge in [0.15, 0.2) is 0 Å². The molecule has 84 valence electrons. The number of halogens is 1. The summed E-state index contributed by atoms with van der Waals surface area (Å²) in [5.41, 5.74) is 0. The highest BCUT2D eigenvalue weighted by molar-refractivity contribution is 9.09. The maximum Gasteiger partial charge on any atom is 0.0670 e. The van der Waals surface area contributed by atoms with Gasteiger partial charge in [0.25, 0.3) is 0 Å². The maximum absolute atomic E-state index is 5.29. The monoisotopic (exact) mass is 263 g/mol. The fraction of sp³-hybridized carbons (Fsp3) is 1.00. The van der Waals surface area contributed by atoms with Crippen molar-refractivity contribution in [2.45, 2.75) is 49.6 Å². The zero-order valence-electron chi connectivity index (χ0n) is 9.50. The molecule has 0 amide bonds. The Bertz CT molecular complexity index is 165. The second-order valence-corrected chi connectivity index (χ2v) is 5.53. The summed E-state index contributed by atoms with van der Waals surface area (Å²) in [6, 6.07) is 0.696. The minimum atomic E-state index is 0.335. The van der Waals surface area contributed by atoms with Crippen LogP contribution in [0.25, 0.3) is 0 Å². The van der Waals surface area contributed by atoms with Gasteiger partial charge in [-0.25, -0.2) is 0 Å². The Balaban J connectivity index is 2.37. The van der Waals surface area contributed by atoms with E-state index in [-0.39, 0.29) is 0 Å². The van der Waals surface area contributed by atoms with E-state index in [2.05, 4.69) is 34.8 Å². The molecule has 0 aliphatic heterocycles. The van der Waals surface area contributed by atoms with E-state index in [0.29, 0.717) is 17.0 Å². The van der Waals surface area contributed by atoms with Gasteiger partial charge in [-0.15, -0.1) is 0 Å². The van der Waals surface area contributed by atoms with Gasteiger partial charge in [0.1, 0.15) is 0 Å². The fourth-order valence-electron chi connectivity index (χ4n) is 2.18. The lowest BCUT2D eigenvalue weighted by Gasteiger charge is -2.36. The minimum Gasteiger partial charge on any atom is -0.380 e. The van der Waals surface area contributed by atoms with Gasteiger partial charge in [-0.3, -0.25) is 4.90 Å². The number of hydrogen-bond donors (Lipinski definition) is 0. The number of hydrogen-bond acceptors (Lipinski definition) is 2. The molecule has 0 heterocycles. The Kier molecular flexibility index (Phi) is 5.42. The molecule has 2 nitrogen and oxygen atoms in total. The zero-order valence-corrected chi connectivity index (χ0v) is 11.1. The first kappa shape index (κ1) is 12.5. The van der Waals surface area contributed by atoms with Crippen LogP contribution < -0.4 is 0 Å². The zero-order chi connectivity index (χ0) is 10.6. The number of nitrogens with zero attached hydrogens (tertiary/aromatic N) is 1. The first-order valence-corrected chi connectivity index (χ1v) is 6.43. The number of likely N-dealkylation sites (N-methyl/N-ethyl adjacent to an activating group) is 1.